The molecule has 0 saturated carbocycles. The molecule has 0 bridgehead atoms. The molecule has 0 aliphatic rings. The van der Waals surface area contributed by atoms with Crippen LogP contribution in [0.1, 0.15) is 38.8 Å². The van der Waals surface area contributed by atoms with Crippen molar-refractivity contribution in [3.8, 4) is 5.75 Å². The minimum absolute atomic E-state index is 0.301. The van der Waals surface area contributed by atoms with E-state index in [0.717, 1.165) is 11.1 Å². The van der Waals surface area contributed by atoms with Gasteiger partial charge in [-0.25, -0.2) is 4.79 Å². The Morgan fingerprint density at radius 3 is 2.35 bits per heavy atom. The van der Waals surface area contributed by atoms with Crippen molar-refractivity contribution in [1.82, 2.24) is 5.32 Å². The van der Waals surface area contributed by atoms with Crippen molar-refractivity contribution in [3.05, 3.63) is 59.7 Å². The first-order valence-electron chi connectivity index (χ1n) is 10.2. The quantitative estimate of drug-likeness (QED) is 0.649. The van der Waals surface area contributed by atoms with Crippen molar-refractivity contribution in [2.45, 2.75) is 59.0 Å². The second kappa shape index (κ2) is 10.8. The maximum absolute atomic E-state index is 13.1. The predicted octanol–water partition coefficient (Wildman–Crippen LogP) is 4.44. The molecule has 0 spiro atoms. The summed E-state index contributed by atoms with van der Waals surface area (Å²) in [6, 6.07) is 14.1. The number of hydrogen-bond donors (Lipinski definition) is 2. The van der Waals surface area contributed by atoms with Crippen molar-refractivity contribution < 1.29 is 23.8 Å². The molecule has 0 aromatic heterocycles. The van der Waals surface area contributed by atoms with Crippen LogP contribution < -0.4 is 15.4 Å². The van der Waals surface area contributed by atoms with Crippen LogP contribution in [0.3, 0.4) is 0 Å². The van der Waals surface area contributed by atoms with Crippen LogP contribution in [0.15, 0.2) is 48.5 Å². The second-order valence-electron chi connectivity index (χ2n) is 8.32. The Labute approximate surface area is 184 Å². The van der Waals surface area contributed by atoms with E-state index in [4.69, 9.17) is 14.2 Å². The lowest BCUT2D eigenvalue weighted by Crippen LogP contribution is -2.52. The van der Waals surface area contributed by atoms with Gasteiger partial charge < -0.3 is 24.8 Å². The van der Waals surface area contributed by atoms with Crippen LogP contribution in [0.5, 0.6) is 5.75 Å². The van der Waals surface area contributed by atoms with Crippen LogP contribution in [0.25, 0.3) is 0 Å². The molecule has 2 aromatic rings. The molecular weight excluding hydrogens is 396 g/mol. The fourth-order valence-electron chi connectivity index (χ4n) is 2.86. The average molecular weight is 429 g/mol. The van der Waals surface area contributed by atoms with Crippen molar-refractivity contribution in [2.75, 3.05) is 12.4 Å². The fourth-order valence-corrected chi connectivity index (χ4v) is 2.86. The van der Waals surface area contributed by atoms with Crippen molar-refractivity contribution >= 4 is 17.7 Å². The Balaban J connectivity index is 2.18. The number of alkyl carbamates (subject to hydrolysis) is 1. The van der Waals surface area contributed by atoms with E-state index in [0.29, 0.717) is 18.0 Å². The van der Waals surface area contributed by atoms with Gasteiger partial charge in [0.1, 0.15) is 17.4 Å². The van der Waals surface area contributed by atoms with Crippen molar-refractivity contribution in [1.29, 1.82) is 0 Å². The van der Waals surface area contributed by atoms with Gasteiger partial charge in [-0.15, -0.1) is 0 Å². The predicted molar refractivity (Wildman–Crippen MR) is 120 cm³/mol. The minimum atomic E-state index is -0.983. The molecule has 7 heteroatoms. The zero-order valence-corrected chi connectivity index (χ0v) is 19.0. The number of rotatable bonds is 8. The van der Waals surface area contributed by atoms with E-state index in [9.17, 15) is 9.59 Å². The largest absolute Gasteiger partial charge is 0.495 e. The van der Waals surface area contributed by atoms with E-state index in [1.807, 2.05) is 43.3 Å². The molecule has 2 atom stereocenters. The maximum Gasteiger partial charge on any atom is 0.408 e. The van der Waals surface area contributed by atoms with Crippen LogP contribution in [0.4, 0.5) is 10.5 Å². The van der Waals surface area contributed by atoms with Crippen LogP contribution >= 0.6 is 0 Å². The number of aryl methyl sites for hydroxylation is 1. The molecule has 0 heterocycles. The Hall–Kier alpha value is -3.06. The molecule has 31 heavy (non-hydrogen) atoms. The molecular formula is C24H32N2O5. The number of methoxy groups -OCH3 is 1. The Morgan fingerprint density at radius 1 is 1.06 bits per heavy atom. The lowest BCUT2D eigenvalue weighted by Gasteiger charge is -2.27. The Bertz CT molecular complexity index is 877. The van der Waals surface area contributed by atoms with Crippen molar-refractivity contribution in [2.24, 2.45) is 0 Å². The maximum atomic E-state index is 13.1. The van der Waals surface area contributed by atoms with Gasteiger partial charge in [0.2, 0.25) is 5.91 Å². The number of carbonyl (C=O) groups is 2. The van der Waals surface area contributed by atoms with Crippen LogP contribution in [-0.2, 0) is 20.9 Å². The number of amides is 2. The molecule has 2 unspecified atom stereocenters. The third kappa shape index (κ3) is 7.94. The first kappa shape index (κ1) is 24.2. The van der Waals surface area contributed by atoms with Crippen LogP contribution in [0.2, 0.25) is 0 Å². The standard InChI is InChI=1S/C24H32N2O5/c1-16-12-13-20(29-6)19(14-16)25-22(27)21(26-23(28)31-24(3,4)5)17(2)30-15-18-10-8-7-9-11-18/h7-14,17,21H,15H2,1-6H3,(H,25,27)(H,26,28). The van der Waals surface area contributed by atoms with Gasteiger partial charge in [-0.05, 0) is 57.9 Å². The topological polar surface area (TPSA) is 85.9 Å². The first-order chi connectivity index (χ1) is 14.6. The summed E-state index contributed by atoms with van der Waals surface area (Å²) in [6.45, 7) is 9.22. The Kier molecular flexibility index (Phi) is 8.45. The molecule has 168 valence electrons. The fraction of sp³-hybridized carbons (Fsp3) is 0.417. The summed E-state index contributed by atoms with van der Waals surface area (Å²) in [5.74, 6) is 0.0862. The van der Waals surface area contributed by atoms with Gasteiger partial charge >= 0.3 is 6.09 Å². The van der Waals surface area contributed by atoms with Crippen LogP contribution in [0, 0.1) is 6.92 Å². The summed E-state index contributed by atoms with van der Waals surface area (Å²) in [6.07, 6.45) is -1.32. The van der Waals surface area contributed by atoms with E-state index in [1.165, 1.54) is 7.11 Å². The first-order valence-corrected chi connectivity index (χ1v) is 10.2. The molecule has 0 saturated heterocycles. The third-order valence-electron chi connectivity index (χ3n) is 4.39. The van der Waals surface area contributed by atoms with Gasteiger partial charge in [0, 0.05) is 0 Å². The van der Waals surface area contributed by atoms with Gasteiger partial charge in [0.15, 0.2) is 0 Å². The SMILES string of the molecule is COc1ccc(C)cc1NC(=O)C(NC(=O)OC(C)(C)C)C(C)OCc1ccccc1. The van der Waals surface area contributed by atoms with Gasteiger partial charge in [-0.3, -0.25) is 4.79 Å². The molecule has 2 rings (SSSR count). The highest BCUT2D eigenvalue weighted by molar-refractivity contribution is 5.98. The number of ether oxygens (including phenoxy) is 3. The lowest BCUT2D eigenvalue weighted by atomic mass is 10.1. The number of hydrogen-bond acceptors (Lipinski definition) is 5. The number of nitrogens with one attached hydrogen (secondary N) is 2. The third-order valence-corrected chi connectivity index (χ3v) is 4.39. The minimum Gasteiger partial charge on any atom is -0.495 e. The molecule has 2 N–H and O–H groups in total. The smallest absolute Gasteiger partial charge is 0.408 e. The number of benzene rings is 2. The summed E-state index contributed by atoms with van der Waals surface area (Å²) < 4.78 is 16.6. The highest BCUT2D eigenvalue weighted by Gasteiger charge is 2.30. The lowest BCUT2D eigenvalue weighted by molar-refractivity contribution is -0.122. The summed E-state index contributed by atoms with van der Waals surface area (Å²) >= 11 is 0. The highest BCUT2D eigenvalue weighted by Crippen LogP contribution is 2.25. The summed E-state index contributed by atoms with van der Waals surface area (Å²) in [4.78, 5) is 25.5. The van der Waals surface area contributed by atoms with E-state index >= 15 is 0 Å². The Morgan fingerprint density at radius 2 is 1.74 bits per heavy atom. The average Bonchev–Trinajstić information content (AvgIpc) is 2.70. The van der Waals surface area contributed by atoms with Gasteiger partial charge in [0.05, 0.1) is 25.5 Å². The normalized spacial score (nSPS) is 13.1. The van der Waals surface area contributed by atoms with Gasteiger partial charge in [0.25, 0.3) is 0 Å². The molecule has 2 amide bonds. The zero-order chi connectivity index (χ0) is 23.0. The van der Waals surface area contributed by atoms with E-state index in [1.54, 1.807) is 39.8 Å². The molecule has 0 aliphatic carbocycles. The molecule has 7 nitrogen and oxygen atoms in total. The second-order valence-corrected chi connectivity index (χ2v) is 8.32. The highest BCUT2D eigenvalue weighted by atomic mass is 16.6. The van der Waals surface area contributed by atoms with Gasteiger partial charge in [-0.2, -0.15) is 0 Å². The summed E-state index contributed by atoms with van der Waals surface area (Å²) in [7, 11) is 1.53. The summed E-state index contributed by atoms with van der Waals surface area (Å²) in [5.41, 5.74) is 1.74. The van der Waals surface area contributed by atoms with E-state index in [-0.39, 0.29) is 0 Å². The van der Waals surface area contributed by atoms with Gasteiger partial charge in [-0.1, -0.05) is 36.4 Å². The number of carbonyl (C=O) groups excluding carboxylic acids is 2. The summed E-state index contributed by atoms with van der Waals surface area (Å²) in [5, 5.41) is 5.48. The molecule has 0 radical (unpaired) electrons. The molecule has 0 aliphatic heterocycles. The van der Waals surface area contributed by atoms with Crippen molar-refractivity contribution in [3.63, 3.8) is 0 Å². The molecule has 2 aromatic carbocycles. The monoisotopic (exact) mass is 428 g/mol. The van der Waals surface area contributed by atoms with Crippen LogP contribution in [-0.4, -0.2) is 36.9 Å². The number of anilines is 1. The molecule has 0 fully saturated rings. The van der Waals surface area contributed by atoms with E-state index in [2.05, 4.69) is 10.6 Å². The zero-order valence-electron chi connectivity index (χ0n) is 19.0. The van der Waals surface area contributed by atoms with E-state index < -0.39 is 29.7 Å².